The van der Waals surface area contributed by atoms with Gasteiger partial charge < -0.3 is 34.9 Å². The number of aliphatic hydroxyl groups is 3. The Balaban J connectivity index is 4.76. The molecule has 4 atom stereocenters. The first-order valence-electron chi connectivity index (χ1n) is 4.98. The van der Waals surface area contributed by atoms with Crippen LogP contribution in [0.5, 0.6) is 0 Å². The lowest BCUT2D eigenvalue weighted by molar-refractivity contribution is -0.193. The minimum absolute atomic E-state index is 0.958. The smallest absolute Gasteiger partial charge is 0.469 e. The van der Waals surface area contributed by atoms with Crippen molar-refractivity contribution in [2.75, 3.05) is 13.7 Å². The van der Waals surface area contributed by atoms with E-state index >= 15 is 0 Å². The molecule has 11 heteroatoms. The molecule has 4 unspecified atom stereocenters. The molecule has 0 amide bonds. The van der Waals surface area contributed by atoms with Crippen LogP contribution in [-0.2, 0) is 18.6 Å². The first-order chi connectivity index (χ1) is 8.45. The Labute approximate surface area is 108 Å². The molecule has 0 aromatic rings. The van der Waals surface area contributed by atoms with Gasteiger partial charge in [0.15, 0.2) is 5.60 Å². The molecule has 0 saturated carbocycles. The number of carbonyl (C=O) groups is 1. The number of phosphoric ester groups is 1. The molecule has 19 heavy (non-hydrogen) atoms. The van der Waals surface area contributed by atoms with E-state index in [-0.39, 0.29) is 0 Å². The highest BCUT2D eigenvalue weighted by molar-refractivity contribution is 7.46. The highest BCUT2D eigenvalue weighted by Crippen LogP contribution is 2.36. The third-order valence-corrected chi connectivity index (χ3v) is 3.03. The maximum atomic E-state index is 10.9. The summed E-state index contributed by atoms with van der Waals surface area (Å²) in [4.78, 5) is 27.7. The summed E-state index contributed by atoms with van der Waals surface area (Å²) in [7, 11) is -3.88. The number of phosphoric acid groups is 1. The second-order valence-electron chi connectivity index (χ2n) is 3.91. The van der Waals surface area contributed by atoms with Gasteiger partial charge in [-0.15, -0.1) is 0 Å². The van der Waals surface area contributed by atoms with Crippen molar-refractivity contribution in [2.45, 2.75) is 30.8 Å². The number of ether oxygens (including phenoxy) is 1. The van der Waals surface area contributed by atoms with Crippen molar-refractivity contribution in [3.8, 4) is 0 Å². The van der Waals surface area contributed by atoms with E-state index in [1.807, 2.05) is 0 Å². The lowest BCUT2D eigenvalue weighted by atomic mass is 9.92. The van der Waals surface area contributed by atoms with Crippen molar-refractivity contribution in [2.24, 2.45) is 0 Å². The van der Waals surface area contributed by atoms with Crippen molar-refractivity contribution in [3.63, 3.8) is 0 Å². The quantitative estimate of drug-likeness (QED) is 0.267. The lowest BCUT2D eigenvalue weighted by Crippen LogP contribution is -2.57. The van der Waals surface area contributed by atoms with Gasteiger partial charge in [-0.2, -0.15) is 0 Å². The molecule has 0 heterocycles. The molecule has 0 radical (unpaired) electrons. The summed E-state index contributed by atoms with van der Waals surface area (Å²) in [5.74, 6) is -1.59. The van der Waals surface area contributed by atoms with Crippen LogP contribution in [0.1, 0.15) is 6.92 Å². The minimum Gasteiger partial charge on any atom is -0.479 e. The van der Waals surface area contributed by atoms with E-state index < -0.39 is 44.3 Å². The van der Waals surface area contributed by atoms with Crippen LogP contribution in [0.15, 0.2) is 0 Å². The number of aliphatic hydroxyl groups excluding tert-OH is 3. The van der Waals surface area contributed by atoms with Crippen LogP contribution in [0.2, 0.25) is 0 Å². The average Bonchev–Trinajstić information content (AvgIpc) is 2.31. The topological polar surface area (TPSA) is 174 Å². The van der Waals surface area contributed by atoms with E-state index in [0.29, 0.717) is 0 Å². The van der Waals surface area contributed by atoms with Crippen molar-refractivity contribution < 1.29 is 48.8 Å². The van der Waals surface area contributed by atoms with Crippen molar-refractivity contribution >= 4 is 13.8 Å². The van der Waals surface area contributed by atoms with Crippen LogP contribution in [0.4, 0.5) is 0 Å². The molecule has 0 aromatic carbocycles. The van der Waals surface area contributed by atoms with E-state index in [2.05, 4.69) is 9.26 Å². The molecule has 0 aliphatic carbocycles. The average molecular weight is 304 g/mol. The van der Waals surface area contributed by atoms with Crippen LogP contribution in [0, 0.1) is 0 Å². The Morgan fingerprint density at radius 1 is 1.32 bits per heavy atom. The van der Waals surface area contributed by atoms with E-state index in [1.54, 1.807) is 0 Å². The summed E-state index contributed by atoms with van der Waals surface area (Å²) in [6.07, 6.45) is -6.02. The summed E-state index contributed by atoms with van der Waals surface area (Å²) in [6.45, 7) is -0.0400. The number of hydrogen-bond donors (Lipinski definition) is 6. The van der Waals surface area contributed by atoms with Crippen LogP contribution in [-0.4, -0.2) is 73.8 Å². The third kappa shape index (κ3) is 5.13. The van der Waals surface area contributed by atoms with Gasteiger partial charge in [-0.05, 0) is 6.92 Å². The largest absolute Gasteiger partial charge is 0.479 e. The Morgan fingerprint density at radius 2 is 1.79 bits per heavy atom. The molecule has 0 aromatic heterocycles. The van der Waals surface area contributed by atoms with Crippen LogP contribution >= 0.6 is 7.82 Å². The summed E-state index contributed by atoms with van der Waals surface area (Å²) in [5.41, 5.74) is -2.21. The number of rotatable bonds is 8. The maximum absolute atomic E-state index is 10.9. The Morgan fingerprint density at radius 3 is 2.11 bits per heavy atom. The highest BCUT2D eigenvalue weighted by atomic mass is 31.2. The molecule has 6 N–H and O–H groups in total. The molecular weight excluding hydrogens is 287 g/mol. The van der Waals surface area contributed by atoms with Gasteiger partial charge in [0.2, 0.25) is 0 Å². The minimum atomic E-state index is -4.86. The lowest BCUT2D eigenvalue weighted by Gasteiger charge is -2.33. The summed E-state index contributed by atoms with van der Waals surface area (Å²) in [5, 5.41) is 37.4. The summed E-state index contributed by atoms with van der Waals surface area (Å²) in [6, 6.07) is 0. The van der Waals surface area contributed by atoms with Gasteiger partial charge in [-0.3, -0.25) is 4.52 Å². The van der Waals surface area contributed by atoms with Gasteiger partial charge in [-0.1, -0.05) is 0 Å². The Hall–Kier alpha value is -0.580. The number of methoxy groups -OCH3 is 1. The monoisotopic (exact) mass is 304 g/mol. The van der Waals surface area contributed by atoms with Crippen molar-refractivity contribution in [1.29, 1.82) is 0 Å². The zero-order valence-corrected chi connectivity index (χ0v) is 11.1. The Bertz CT molecular complexity index is 353. The van der Waals surface area contributed by atoms with Crippen molar-refractivity contribution in [3.05, 3.63) is 0 Å². The maximum Gasteiger partial charge on any atom is 0.469 e. The fraction of sp³-hybridized carbons (Fsp3) is 0.875. The fourth-order valence-electron chi connectivity index (χ4n) is 1.14. The molecule has 0 saturated heterocycles. The first-order valence-corrected chi connectivity index (χ1v) is 6.51. The van der Waals surface area contributed by atoms with Gasteiger partial charge in [0.1, 0.15) is 18.3 Å². The molecule has 0 spiro atoms. The predicted molar refractivity (Wildman–Crippen MR) is 59.1 cm³/mol. The van der Waals surface area contributed by atoms with E-state index in [0.717, 1.165) is 14.0 Å². The molecule has 0 rings (SSSR count). The molecule has 0 bridgehead atoms. The first kappa shape index (κ1) is 18.4. The third-order valence-electron chi connectivity index (χ3n) is 2.54. The van der Waals surface area contributed by atoms with Gasteiger partial charge in [-0.25, -0.2) is 9.36 Å². The van der Waals surface area contributed by atoms with Gasteiger partial charge in [0.25, 0.3) is 0 Å². The van der Waals surface area contributed by atoms with Gasteiger partial charge in [0, 0.05) is 7.11 Å². The SMILES string of the molecule is COC(C)(C(=O)O)C(O)C(O)C(O)COP(=O)(O)O. The molecular formula is C8H17O10P. The number of aliphatic carboxylic acids is 1. The summed E-state index contributed by atoms with van der Waals surface area (Å²) < 4.78 is 18.9. The van der Waals surface area contributed by atoms with Crippen LogP contribution < -0.4 is 0 Å². The summed E-state index contributed by atoms with van der Waals surface area (Å²) >= 11 is 0. The second-order valence-corrected chi connectivity index (χ2v) is 5.14. The Kier molecular flexibility index (Phi) is 6.52. The zero-order chi connectivity index (χ0) is 15.4. The molecule has 0 aliphatic rings. The van der Waals surface area contributed by atoms with Gasteiger partial charge >= 0.3 is 13.8 Å². The standard InChI is InChI=1S/C8H17O10P/c1-8(17-2,7(12)13)6(11)5(10)4(9)3-18-19(14,15)16/h4-6,9-11H,3H2,1-2H3,(H,12,13)(H2,14,15,16). The number of hydrogen-bond acceptors (Lipinski definition) is 7. The van der Waals surface area contributed by atoms with E-state index in [9.17, 15) is 24.7 Å². The van der Waals surface area contributed by atoms with Crippen LogP contribution in [0.25, 0.3) is 0 Å². The van der Waals surface area contributed by atoms with Crippen molar-refractivity contribution in [1.82, 2.24) is 0 Å². The molecule has 0 fully saturated rings. The molecule has 0 aliphatic heterocycles. The van der Waals surface area contributed by atoms with E-state index in [4.69, 9.17) is 14.9 Å². The number of carboxylic acid groups (broad SMARTS) is 1. The van der Waals surface area contributed by atoms with E-state index in [1.165, 1.54) is 0 Å². The second kappa shape index (κ2) is 6.73. The molecule has 114 valence electrons. The molecule has 10 nitrogen and oxygen atoms in total. The highest BCUT2D eigenvalue weighted by Gasteiger charge is 2.47. The van der Waals surface area contributed by atoms with Crippen LogP contribution in [0.3, 0.4) is 0 Å². The normalized spacial score (nSPS) is 20.4. The fourth-order valence-corrected chi connectivity index (χ4v) is 1.49. The number of carboxylic acids is 1. The predicted octanol–water partition coefficient (Wildman–Crippen LogP) is -2.33. The zero-order valence-electron chi connectivity index (χ0n) is 10.2. The van der Waals surface area contributed by atoms with Gasteiger partial charge in [0.05, 0.1) is 6.61 Å².